The van der Waals surface area contributed by atoms with Gasteiger partial charge in [0.25, 0.3) is 15.9 Å². The lowest BCUT2D eigenvalue weighted by Gasteiger charge is -2.14. The van der Waals surface area contributed by atoms with Gasteiger partial charge in [-0.05, 0) is 66.7 Å². The quantitative estimate of drug-likeness (QED) is 0.217. The highest BCUT2D eigenvalue weighted by Crippen LogP contribution is 2.31. The van der Waals surface area contributed by atoms with Crippen LogP contribution in [-0.4, -0.2) is 20.7 Å². The first kappa shape index (κ1) is 28.1. The molecule has 0 unspecified atom stereocenters. The van der Waals surface area contributed by atoms with E-state index in [0.29, 0.717) is 16.5 Å². The van der Waals surface area contributed by atoms with Gasteiger partial charge in [0.05, 0.1) is 21.2 Å². The highest BCUT2D eigenvalue weighted by atomic mass is 35.5. The van der Waals surface area contributed by atoms with Crippen molar-refractivity contribution in [3.63, 3.8) is 0 Å². The number of halogens is 5. The fourth-order valence-electron chi connectivity index (χ4n) is 3.31. The van der Waals surface area contributed by atoms with Crippen LogP contribution in [-0.2, 0) is 10.0 Å². The summed E-state index contributed by atoms with van der Waals surface area (Å²) in [6, 6.07) is 20.7. The van der Waals surface area contributed by atoms with Crippen molar-refractivity contribution in [3.05, 3.63) is 107 Å². The second kappa shape index (κ2) is 11.4. The average Bonchev–Trinajstić information content (AvgIpc) is 2.86. The van der Waals surface area contributed by atoms with Gasteiger partial charge in [-0.1, -0.05) is 41.4 Å². The van der Waals surface area contributed by atoms with Crippen LogP contribution >= 0.6 is 23.2 Å². The zero-order valence-corrected chi connectivity index (χ0v) is 21.8. The van der Waals surface area contributed by atoms with Crippen molar-refractivity contribution in [2.75, 3.05) is 10.0 Å². The van der Waals surface area contributed by atoms with E-state index >= 15 is 0 Å². The number of ether oxygens (including phenoxy) is 2. The van der Waals surface area contributed by atoms with Crippen LogP contribution in [0.3, 0.4) is 0 Å². The first-order valence-electron chi connectivity index (χ1n) is 10.9. The molecule has 0 aliphatic rings. The highest BCUT2D eigenvalue weighted by molar-refractivity contribution is 7.92. The van der Waals surface area contributed by atoms with Crippen LogP contribution in [0.25, 0.3) is 0 Å². The molecule has 4 rings (SSSR count). The van der Waals surface area contributed by atoms with E-state index in [0.717, 1.165) is 12.1 Å². The molecule has 0 saturated heterocycles. The van der Waals surface area contributed by atoms with Crippen LogP contribution in [0, 0.1) is 0 Å². The summed E-state index contributed by atoms with van der Waals surface area (Å²) in [5.41, 5.74) is -0.312. The second-order valence-corrected chi connectivity index (χ2v) is 10.4. The Kier molecular flexibility index (Phi) is 8.24. The SMILES string of the molecule is O=C(Nc1cccc(OC(F)(F)F)c1)c1cc(Cl)ccc1NS(=O)(=O)c1ccc(Oc2ccccc2Cl)cc1. The van der Waals surface area contributed by atoms with Gasteiger partial charge in [0.15, 0.2) is 0 Å². The summed E-state index contributed by atoms with van der Waals surface area (Å²) in [6.07, 6.45) is -4.92. The molecule has 0 heterocycles. The van der Waals surface area contributed by atoms with Crippen LogP contribution in [0.4, 0.5) is 24.5 Å². The summed E-state index contributed by atoms with van der Waals surface area (Å²) < 4.78 is 75.6. The molecular weight excluding hydrogens is 580 g/mol. The van der Waals surface area contributed by atoms with E-state index in [1.165, 1.54) is 54.6 Å². The minimum atomic E-state index is -4.92. The number of hydrogen-bond acceptors (Lipinski definition) is 5. The molecule has 0 aliphatic heterocycles. The number of benzene rings is 4. The van der Waals surface area contributed by atoms with Crippen LogP contribution in [0.1, 0.15) is 10.4 Å². The summed E-state index contributed by atoms with van der Waals surface area (Å²) in [5, 5.41) is 2.91. The number of alkyl halides is 3. The van der Waals surface area contributed by atoms with Crippen LogP contribution in [0.5, 0.6) is 17.2 Å². The highest BCUT2D eigenvalue weighted by Gasteiger charge is 2.31. The number of sulfonamides is 1. The summed E-state index contributed by atoms with van der Waals surface area (Å²) in [7, 11) is -4.18. The average molecular weight is 597 g/mol. The molecule has 13 heteroatoms. The summed E-state index contributed by atoms with van der Waals surface area (Å²) in [4.78, 5) is 12.8. The first-order valence-corrected chi connectivity index (χ1v) is 13.2. The lowest BCUT2D eigenvalue weighted by atomic mass is 10.1. The van der Waals surface area contributed by atoms with E-state index in [1.807, 2.05) is 0 Å². The van der Waals surface area contributed by atoms with E-state index in [-0.39, 0.29) is 26.9 Å². The molecule has 39 heavy (non-hydrogen) atoms. The molecule has 0 radical (unpaired) electrons. The van der Waals surface area contributed by atoms with Crippen LogP contribution < -0.4 is 19.5 Å². The van der Waals surface area contributed by atoms with Gasteiger partial charge in [0.1, 0.15) is 17.2 Å². The fraction of sp³-hybridized carbons (Fsp3) is 0.0385. The lowest BCUT2D eigenvalue weighted by Crippen LogP contribution is -2.19. The standard InChI is InChI=1S/C26H17Cl2F3N2O5S/c27-16-8-13-23(21(14-16)25(34)32-17-4-3-5-19(15-17)38-26(29,30)31)33-39(35,36)20-11-9-18(10-12-20)37-24-7-2-1-6-22(24)28/h1-15,33H,(H,32,34). The van der Waals surface area contributed by atoms with Crippen molar-refractivity contribution in [3.8, 4) is 17.2 Å². The van der Waals surface area contributed by atoms with Gasteiger partial charge in [0, 0.05) is 16.8 Å². The first-order chi connectivity index (χ1) is 18.4. The monoisotopic (exact) mass is 596 g/mol. The third kappa shape index (κ3) is 7.56. The predicted molar refractivity (Wildman–Crippen MR) is 141 cm³/mol. The molecule has 0 spiro atoms. The van der Waals surface area contributed by atoms with Gasteiger partial charge in [-0.15, -0.1) is 13.2 Å². The Bertz CT molecular complexity index is 1610. The normalized spacial score (nSPS) is 11.5. The number of nitrogens with one attached hydrogen (secondary N) is 2. The van der Waals surface area contributed by atoms with E-state index in [2.05, 4.69) is 14.8 Å². The fourth-order valence-corrected chi connectivity index (χ4v) is 4.73. The van der Waals surface area contributed by atoms with Crippen molar-refractivity contribution >= 4 is 50.5 Å². The van der Waals surface area contributed by atoms with Gasteiger partial charge >= 0.3 is 6.36 Å². The van der Waals surface area contributed by atoms with Gasteiger partial charge in [-0.25, -0.2) is 8.42 Å². The summed E-state index contributed by atoms with van der Waals surface area (Å²) in [5.74, 6) is -0.650. The van der Waals surface area contributed by atoms with Gasteiger partial charge in [-0.3, -0.25) is 9.52 Å². The topological polar surface area (TPSA) is 93.7 Å². The van der Waals surface area contributed by atoms with Crippen molar-refractivity contribution in [1.82, 2.24) is 0 Å². The largest absolute Gasteiger partial charge is 0.573 e. The van der Waals surface area contributed by atoms with E-state index in [9.17, 15) is 26.4 Å². The Hall–Kier alpha value is -3.93. The molecule has 2 N–H and O–H groups in total. The molecule has 1 amide bonds. The zero-order chi connectivity index (χ0) is 28.2. The Morgan fingerprint density at radius 1 is 0.821 bits per heavy atom. The van der Waals surface area contributed by atoms with Crippen LogP contribution in [0.15, 0.2) is 95.9 Å². The Morgan fingerprint density at radius 2 is 1.54 bits per heavy atom. The van der Waals surface area contributed by atoms with Crippen molar-refractivity contribution in [2.45, 2.75) is 11.3 Å². The zero-order valence-electron chi connectivity index (χ0n) is 19.5. The number of amides is 1. The van der Waals surface area contributed by atoms with Gasteiger partial charge < -0.3 is 14.8 Å². The van der Waals surface area contributed by atoms with Gasteiger partial charge in [0.2, 0.25) is 0 Å². The second-order valence-electron chi connectivity index (χ2n) is 7.83. The molecule has 0 saturated carbocycles. The van der Waals surface area contributed by atoms with Crippen molar-refractivity contribution in [1.29, 1.82) is 0 Å². The molecule has 0 atom stereocenters. The molecule has 0 bridgehead atoms. The maximum atomic E-state index is 13.1. The number of carbonyl (C=O) groups is 1. The number of para-hydroxylation sites is 1. The number of anilines is 2. The molecule has 7 nitrogen and oxygen atoms in total. The minimum absolute atomic E-state index is 0.0235. The smallest absolute Gasteiger partial charge is 0.456 e. The Morgan fingerprint density at radius 3 is 2.23 bits per heavy atom. The summed E-state index contributed by atoms with van der Waals surface area (Å²) >= 11 is 12.1. The number of rotatable bonds is 8. The lowest BCUT2D eigenvalue weighted by molar-refractivity contribution is -0.274. The third-order valence-corrected chi connectivity index (χ3v) is 6.92. The molecule has 4 aromatic carbocycles. The number of hydrogen-bond donors (Lipinski definition) is 2. The molecule has 0 aromatic heterocycles. The van der Waals surface area contributed by atoms with Gasteiger partial charge in [-0.2, -0.15) is 0 Å². The van der Waals surface area contributed by atoms with Crippen molar-refractivity contribution < 1.29 is 35.9 Å². The van der Waals surface area contributed by atoms with E-state index in [4.69, 9.17) is 27.9 Å². The molecule has 202 valence electrons. The Labute approximate surface area is 231 Å². The Balaban J connectivity index is 1.53. The molecule has 0 fully saturated rings. The van der Waals surface area contributed by atoms with E-state index in [1.54, 1.807) is 24.3 Å². The minimum Gasteiger partial charge on any atom is -0.456 e. The predicted octanol–water partition coefficient (Wildman–Crippen LogP) is 7.74. The molecule has 0 aliphatic carbocycles. The van der Waals surface area contributed by atoms with Crippen LogP contribution in [0.2, 0.25) is 10.0 Å². The summed E-state index contributed by atoms with van der Waals surface area (Å²) in [6.45, 7) is 0. The maximum Gasteiger partial charge on any atom is 0.573 e. The molecular formula is C26H17Cl2F3N2O5S. The third-order valence-electron chi connectivity index (χ3n) is 4.99. The maximum absolute atomic E-state index is 13.1. The van der Waals surface area contributed by atoms with E-state index < -0.39 is 28.0 Å². The number of carbonyl (C=O) groups excluding carboxylic acids is 1. The van der Waals surface area contributed by atoms with Crippen molar-refractivity contribution in [2.24, 2.45) is 0 Å². The molecule has 4 aromatic rings.